The molecule has 3 heteroatoms. The SMILES string of the molecule is CCC(=O)C1CCCN(c2ccc(C(C)C)cc2)C1=O. The molecule has 1 saturated heterocycles. The van der Waals surface area contributed by atoms with Crippen LogP contribution in [0.3, 0.4) is 0 Å². The minimum atomic E-state index is -0.432. The minimum absolute atomic E-state index is 0.0274. The predicted molar refractivity (Wildman–Crippen MR) is 80.9 cm³/mol. The second kappa shape index (κ2) is 6.21. The number of amides is 1. The molecule has 1 aromatic rings. The topological polar surface area (TPSA) is 37.4 Å². The molecule has 1 unspecified atom stereocenters. The van der Waals surface area contributed by atoms with Gasteiger partial charge in [0, 0.05) is 18.7 Å². The van der Waals surface area contributed by atoms with Gasteiger partial charge in [0.25, 0.3) is 0 Å². The van der Waals surface area contributed by atoms with E-state index in [1.54, 1.807) is 4.90 Å². The van der Waals surface area contributed by atoms with Crippen molar-refractivity contribution in [2.75, 3.05) is 11.4 Å². The monoisotopic (exact) mass is 273 g/mol. The molecule has 108 valence electrons. The Labute approximate surface area is 121 Å². The maximum atomic E-state index is 12.5. The van der Waals surface area contributed by atoms with Crippen LogP contribution in [0.5, 0.6) is 0 Å². The van der Waals surface area contributed by atoms with Crippen LogP contribution in [0.1, 0.15) is 51.5 Å². The van der Waals surface area contributed by atoms with Crippen molar-refractivity contribution in [1.82, 2.24) is 0 Å². The van der Waals surface area contributed by atoms with Gasteiger partial charge in [-0.2, -0.15) is 0 Å². The van der Waals surface area contributed by atoms with Crippen LogP contribution >= 0.6 is 0 Å². The van der Waals surface area contributed by atoms with Crippen LogP contribution in [0.15, 0.2) is 24.3 Å². The smallest absolute Gasteiger partial charge is 0.237 e. The molecule has 0 radical (unpaired) electrons. The third-order valence-electron chi connectivity index (χ3n) is 4.05. The number of Topliss-reactive ketones (excluding diaryl/α,β-unsaturated/α-hetero) is 1. The van der Waals surface area contributed by atoms with Crippen LogP contribution in [-0.4, -0.2) is 18.2 Å². The standard InChI is InChI=1S/C17H23NO2/c1-4-16(19)15-6-5-11-18(17(15)20)14-9-7-13(8-10-14)12(2)3/h7-10,12,15H,4-6,11H2,1-3H3. The van der Waals surface area contributed by atoms with Gasteiger partial charge in [-0.25, -0.2) is 0 Å². The number of benzene rings is 1. The molecule has 0 N–H and O–H groups in total. The number of hydrogen-bond acceptors (Lipinski definition) is 2. The predicted octanol–water partition coefficient (Wildman–Crippen LogP) is 3.53. The van der Waals surface area contributed by atoms with Crippen LogP contribution in [0.25, 0.3) is 0 Å². The third-order valence-corrected chi connectivity index (χ3v) is 4.05. The van der Waals surface area contributed by atoms with Gasteiger partial charge in [-0.15, -0.1) is 0 Å². The average molecular weight is 273 g/mol. The number of rotatable bonds is 4. The van der Waals surface area contributed by atoms with Crippen molar-refractivity contribution in [2.24, 2.45) is 5.92 Å². The zero-order chi connectivity index (χ0) is 14.7. The fourth-order valence-electron chi connectivity index (χ4n) is 2.72. The molecule has 0 bridgehead atoms. The summed E-state index contributed by atoms with van der Waals surface area (Å²) in [6, 6.07) is 8.12. The number of ketones is 1. The highest BCUT2D eigenvalue weighted by Gasteiger charge is 2.33. The lowest BCUT2D eigenvalue weighted by atomic mass is 9.91. The summed E-state index contributed by atoms with van der Waals surface area (Å²) in [5, 5.41) is 0. The van der Waals surface area contributed by atoms with Crippen LogP contribution in [-0.2, 0) is 9.59 Å². The lowest BCUT2D eigenvalue weighted by Crippen LogP contribution is -2.44. The maximum Gasteiger partial charge on any atom is 0.237 e. The van der Waals surface area contributed by atoms with Gasteiger partial charge in [0.05, 0.1) is 5.92 Å². The van der Waals surface area contributed by atoms with Crippen LogP contribution in [0.2, 0.25) is 0 Å². The zero-order valence-corrected chi connectivity index (χ0v) is 12.6. The highest BCUT2D eigenvalue weighted by molar-refractivity contribution is 6.08. The second-order valence-corrected chi connectivity index (χ2v) is 5.75. The fraction of sp³-hybridized carbons (Fsp3) is 0.529. The maximum absolute atomic E-state index is 12.5. The third kappa shape index (κ3) is 2.92. The largest absolute Gasteiger partial charge is 0.312 e. The molecule has 0 aromatic heterocycles. The van der Waals surface area contributed by atoms with Gasteiger partial charge in [-0.05, 0) is 36.5 Å². The number of piperidine rings is 1. The van der Waals surface area contributed by atoms with Crippen LogP contribution in [0, 0.1) is 5.92 Å². The minimum Gasteiger partial charge on any atom is -0.312 e. The first kappa shape index (κ1) is 14.8. The van der Waals surface area contributed by atoms with E-state index in [1.807, 2.05) is 19.1 Å². The number of carbonyl (C=O) groups excluding carboxylic acids is 2. The highest BCUT2D eigenvalue weighted by atomic mass is 16.2. The van der Waals surface area contributed by atoms with Gasteiger partial charge in [-0.1, -0.05) is 32.9 Å². The normalized spacial score (nSPS) is 19.5. The molecule has 3 nitrogen and oxygen atoms in total. The molecule has 20 heavy (non-hydrogen) atoms. The van der Waals surface area contributed by atoms with E-state index in [2.05, 4.69) is 26.0 Å². The van der Waals surface area contributed by atoms with Crippen molar-refractivity contribution in [3.8, 4) is 0 Å². The Morgan fingerprint density at radius 3 is 2.50 bits per heavy atom. The molecule has 1 fully saturated rings. The van der Waals surface area contributed by atoms with E-state index in [-0.39, 0.29) is 11.7 Å². The van der Waals surface area contributed by atoms with E-state index in [1.165, 1.54) is 5.56 Å². The summed E-state index contributed by atoms with van der Waals surface area (Å²) in [4.78, 5) is 26.1. The Bertz CT molecular complexity index is 490. The molecule has 1 amide bonds. The Morgan fingerprint density at radius 2 is 1.95 bits per heavy atom. The van der Waals surface area contributed by atoms with E-state index in [0.29, 0.717) is 25.3 Å². The summed E-state index contributed by atoms with van der Waals surface area (Å²) in [5.74, 6) is 0.0907. The quantitative estimate of drug-likeness (QED) is 0.787. The molecular weight excluding hydrogens is 250 g/mol. The van der Waals surface area contributed by atoms with Gasteiger partial charge in [0.2, 0.25) is 5.91 Å². The van der Waals surface area contributed by atoms with Crippen molar-refractivity contribution in [3.63, 3.8) is 0 Å². The van der Waals surface area contributed by atoms with Gasteiger partial charge >= 0.3 is 0 Å². The zero-order valence-electron chi connectivity index (χ0n) is 12.6. The molecule has 1 aliphatic heterocycles. The number of nitrogens with zero attached hydrogens (tertiary/aromatic N) is 1. The van der Waals surface area contributed by atoms with Crippen molar-refractivity contribution >= 4 is 17.4 Å². The molecule has 0 aliphatic carbocycles. The Morgan fingerprint density at radius 1 is 1.30 bits per heavy atom. The molecule has 1 heterocycles. The van der Waals surface area contributed by atoms with Crippen LogP contribution in [0.4, 0.5) is 5.69 Å². The van der Waals surface area contributed by atoms with Crippen molar-refractivity contribution < 1.29 is 9.59 Å². The van der Waals surface area contributed by atoms with Gasteiger partial charge in [0.15, 0.2) is 0 Å². The Balaban J connectivity index is 2.19. The second-order valence-electron chi connectivity index (χ2n) is 5.75. The first-order valence-corrected chi connectivity index (χ1v) is 7.48. The van der Waals surface area contributed by atoms with E-state index in [4.69, 9.17) is 0 Å². The molecule has 0 spiro atoms. The average Bonchev–Trinajstić information content (AvgIpc) is 2.47. The molecule has 2 rings (SSSR count). The molecular formula is C17H23NO2. The van der Waals surface area contributed by atoms with Gasteiger partial charge < -0.3 is 4.90 Å². The number of carbonyl (C=O) groups is 2. The van der Waals surface area contributed by atoms with E-state index >= 15 is 0 Å². The van der Waals surface area contributed by atoms with Crippen molar-refractivity contribution in [2.45, 2.75) is 46.0 Å². The summed E-state index contributed by atoms with van der Waals surface area (Å²) in [7, 11) is 0. The number of anilines is 1. The van der Waals surface area contributed by atoms with E-state index in [9.17, 15) is 9.59 Å². The molecule has 0 saturated carbocycles. The summed E-state index contributed by atoms with van der Waals surface area (Å²) >= 11 is 0. The van der Waals surface area contributed by atoms with Gasteiger partial charge in [0.1, 0.15) is 5.78 Å². The van der Waals surface area contributed by atoms with Crippen molar-refractivity contribution in [3.05, 3.63) is 29.8 Å². The Hall–Kier alpha value is -1.64. The highest BCUT2D eigenvalue weighted by Crippen LogP contribution is 2.27. The lowest BCUT2D eigenvalue weighted by molar-refractivity contribution is -0.133. The first-order chi connectivity index (χ1) is 9.54. The molecule has 1 atom stereocenters. The van der Waals surface area contributed by atoms with E-state index < -0.39 is 5.92 Å². The summed E-state index contributed by atoms with van der Waals surface area (Å²) < 4.78 is 0. The molecule has 1 aliphatic rings. The number of hydrogen-bond donors (Lipinski definition) is 0. The van der Waals surface area contributed by atoms with E-state index in [0.717, 1.165) is 12.1 Å². The summed E-state index contributed by atoms with van der Waals surface area (Å²) in [6.07, 6.45) is 2.04. The molecule has 1 aromatic carbocycles. The first-order valence-electron chi connectivity index (χ1n) is 7.48. The fourth-order valence-corrected chi connectivity index (χ4v) is 2.72. The lowest BCUT2D eigenvalue weighted by Gasteiger charge is -2.31. The van der Waals surface area contributed by atoms with Crippen molar-refractivity contribution in [1.29, 1.82) is 0 Å². The summed E-state index contributed by atoms with van der Waals surface area (Å²) in [6.45, 7) is 6.84. The Kier molecular flexibility index (Phi) is 4.58. The van der Waals surface area contributed by atoms with Crippen LogP contribution < -0.4 is 4.90 Å². The summed E-state index contributed by atoms with van der Waals surface area (Å²) in [5.41, 5.74) is 2.17. The van der Waals surface area contributed by atoms with Gasteiger partial charge in [-0.3, -0.25) is 9.59 Å².